The zero-order chi connectivity index (χ0) is 16.1. The number of nitrogens with one attached hydrogen (secondary N) is 1. The third kappa shape index (κ3) is 3.29. The maximum Gasteiger partial charge on any atom is 0.230 e. The molecule has 0 atom stereocenters. The summed E-state index contributed by atoms with van der Waals surface area (Å²) in [6.45, 7) is 0.752. The Hall–Kier alpha value is -1.77. The van der Waals surface area contributed by atoms with Gasteiger partial charge < -0.3 is 10.1 Å². The molecule has 3 nitrogen and oxygen atoms in total. The number of hydrogen-bond donors (Lipinski definition) is 1. The number of carbonyl (C=O) groups excluding carboxylic acids is 1. The van der Waals surface area contributed by atoms with Crippen LogP contribution in [0.3, 0.4) is 0 Å². The van der Waals surface area contributed by atoms with Crippen molar-refractivity contribution in [2.75, 3.05) is 13.7 Å². The van der Waals surface area contributed by atoms with Crippen LogP contribution in [0.15, 0.2) is 35.9 Å². The Balaban J connectivity index is 1.65. The van der Waals surface area contributed by atoms with Crippen LogP contribution in [-0.2, 0) is 10.2 Å². The fourth-order valence-corrected chi connectivity index (χ4v) is 3.83. The van der Waals surface area contributed by atoms with Gasteiger partial charge in [0.05, 0.1) is 12.5 Å². The highest BCUT2D eigenvalue weighted by atomic mass is 16.5. The molecule has 1 N–H and O–H groups in total. The lowest BCUT2D eigenvalue weighted by atomic mass is 9.63. The standard InChI is InChI=1S/C20H27NO2/c1-23-18-11-6-5-10-17(18)20(13-7-14-20)19(22)21-15-12-16-8-3-2-4-9-16/h5-6,8,10-11H,2-4,7,9,12-15H2,1H3,(H,21,22). The van der Waals surface area contributed by atoms with Gasteiger partial charge in [-0.15, -0.1) is 0 Å². The number of allylic oxidation sites excluding steroid dienone is 1. The summed E-state index contributed by atoms with van der Waals surface area (Å²) in [5, 5.41) is 3.19. The van der Waals surface area contributed by atoms with Gasteiger partial charge in [-0.05, 0) is 51.0 Å². The Bertz CT molecular complexity index is 587. The van der Waals surface area contributed by atoms with Gasteiger partial charge in [0.15, 0.2) is 0 Å². The first kappa shape index (κ1) is 16.1. The number of methoxy groups -OCH3 is 1. The van der Waals surface area contributed by atoms with E-state index in [1.54, 1.807) is 7.11 Å². The third-order valence-corrected chi connectivity index (χ3v) is 5.38. The quantitative estimate of drug-likeness (QED) is 0.802. The number of para-hydroxylation sites is 1. The van der Waals surface area contributed by atoms with E-state index in [9.17, 15) is 4.79 Å². The molecule has 3 rings (SSSR count). The molecule has 0 radical (unpaired) electrons. The summed E-state index contributed by atoms with van der Waals surface area (Å²) in [5.74, 6) is 1.00. The molecule has 23 heavy (non-hydrogen) atoms. The third-order valence-electron chi connectivity index (χ3n) is 5.38. The Morgan fingerprint density at radius 1 is 1.22 bits per heavy atom. The second kappa shape index (κ2) is 7.20. The van der Waals surface area contributed by atoms with Crippen molar-refractivity contribution in [2.45, 2.75) is 56.8 Å². The summed E-state index contributed by atoms with van der Waals surface area (Å²) in [6, 6.07) is 7.96. The Morgan fingerprint density at radius 3 is 2.70 bits per heavy atom. The Labute approximate surface area is 139 Å². The van der Waals surface area contributed by atoms with Gasteiger partial charge in [0.1, 0.15) is 5.75 Å². The van der Waals surface area contributed by atoms with Crippen LogP contribution >= 0.6 is 0 Å². The molecule has 1 aromatic carbocycles. The minimum atomic E-state index is -0.381. The normalized spacial score (nSPS) is 19.4. The molecule has 1 saturated carbocycles. The molecule has 0 unspecified atom stereocenters. The maximum absolute atomic E-state index is 12.9. The molecule has 2 aliphatic rings. The molecule has 0 aliphatic heterocycles. The van der Waals surface area contributed by atoms with Crippen LogP contribution in [0.25, 0.3) is 0 Å². The van der Waals surface area contributed by atoms with Gasteiger partial charge in [-0.1, -0.05) is 36.3 Å². The molecule has 0 spiro atoms. The molecule has 2 aliphatic carbocycles. The molecular formula is C20H27NO2. The van der Waals surface area contributed by atoms with Crippen molar-refractivity contribution >= 4 is 5.91 Å². The lowest BCUT2D eigenvalue weighted by Gasteiger charge is -2.41. The summed E-state index contributed by atoms with van der Waals surface area (Å²) in [7, 11) is 1.68. The number of ether oxygens (including phenoxy) is 1. The van der Waals surface area contributed by atoms with E-state index in [4.69, 9.17) is 4.74 Å². The van der Waals surface area contributed by atoms with Crippen molar-refractivity contribution in [3.63, 3.8) is 0 Å². The van der Waals surface area contributed by atoms with Gasteiger partial charge in [0.2, 0.25) is 5.91 Å². The summed E-state index contributed by atoms with van der Waals surface area (Å²) < 4.78 is 5.49. The van der Waals surface area contributed by atoms with E-state index in [-0.39, 0.29) is 11.3 Å². The fraction of sp³-hybridized carbons (Fsp3) is 0.550. The molecule has 1 fully saturated rings. The lowest BCUT2D eigenvalue weighted by molar-refractivity contribution is -0.129. The Kier molecular flexibility index (Phi) is 5.04. The van der Waals surface area contributed by atoms with Crippen molar-refractivity contribution in [3.05, 3.63) is 41.5 Å². The number of rotatable bonds is 6. The second-order valence-electron chi connectivity index (χ2n) is 6.75. The SMILES string of the molecule is COc1ccccc1C1(C(=O)NCCC2=CCCCC2)CCC1. The summed E-state index contributed by atoms with van der Waals surface area (Å²) >= 11 is 0. The zero-order valence-corrected chi connectivity index (χ0v) is 14.1. The van der Waals surface area contributed by atoms with Crippen LogP contribution in [0.5, 0.6) is 5.75 Å². The van der Waals surface area contributed by atoms with Gasteiger partial charge in [-0.2, -0.15) is 0 Å². The van der Waals surface area contributed by atoms with Crippen LogP contribution in [-0.4, -0.2) is 19.6 Å². The first-order valence-electron chi connectivity index (χ1n) is 8.86. The van der Waals surface area contributed by atoms with Crippen molar-refractivity contribution < 1.29 is 9.53 Å². The van der Waals surface area contributed by atoms with Crippen LogP contribution in [0.4, 0.5) is 0 Å². The smallest absolute Gasteiger partial charge is 0.230 e. The monoisotopic (exact) mass is 313 g/mol. The first-order valence-corrected chi connectivity index (χ1v) is 8.86. The van der Waals surface area contributed by atoms with Crippen molar-refractivity contribution in [1.82, 2.24) is 5.32 Å². The van der Waals surface area contributed by atoms with Crippen molar-refractivity contribution in [1.29, 1.82) is 0 Å². The fourth-order valence-electron chi connectivity index (χ4n) is 3.83. The number of benzene rings is 1. The van der Waals surface area contributed by atoms with E-state index in [0.29, 0.717) is 0 Å². The van der Waals surface area contributed by atoms with E-state index in [1.165, 1.54) is 31.3 Å². The van der Waals surface area contributed by atoms with E-state index >= 15 is 0 Å². The van der Waals surface area contributed by atoms with Gasteiger partial charge in [-0.3, -0.25) is 4.79 Å². The van der Waals surface area contributed by atoms with Gasteiger partial charge in [0, 0.05) is 12.1 Å². The molecule has 1 amide bonds. The van der Waals surface area contributed by atoms with Crippen LogP contribution in [0.1, 0.15) is 56.9 Å². The predicted molar refractivity (Wildman–Crippen MR) is 92.7 cm³/mol. The van der Waals surface area contributed by atoms with Crippen molar-refractivity contribution in [3.8, 4) is 5.75 Å². The summed E-state index contributed by atoms with van der Waals surface area (Å²) in [5.41, 5.74) is 2.17. The lowest BCUT2D eigenvalue weighted by Crippen LogP contribution is -2.49. The van der Waals surface area contributed by atoms with Crippen molar-refractivity contribution in [2.24, 2.45) is 0 Å². The summed E-state index contributed by atoms with van der Waals surface area (Å²) in [6.07, 6.45) is 11.3. The molecule has 0 saturated heterocycles. The molecule has 124 valence electrons. The molecule has 0 heterocycles. The Morgan fingerprint density at radius 2 is 2.04 bits per heavy atom. The number of amides is 1. The predicted octanol–water partition coefficient (Wildman–Crippen LogP) is 4.12. The van der Waals surface area contributed by atoms with E-state index in [2.05, 4.69) is 11.4 Å². The van der Waals surface area contributed by atoms with E-state index in [1.807, 2.05) is 24.3 Å². The van der Waals surface area contributed by atoms with Crippen LogP contribution in [0.2, 0.25) is 0 Å². The van der Waals surface area contributed by atoms with Gasteiger partial charge in [0.25, 0.3) is 0 Å². The topological polar surface area (TPSA) is 38.3 Å². The van der Waals surface area contributed by atoms with Gasteiger partial charge in [-0.25, -0.2) is 0 Å². The average Bonchev–Trinajstić information content (AvgIpc) is 2.55. The minimum absolute atomic E-state index is 0.171. The van der Waals surface area contributed by atoms with Gasteiger partial charge >= 0.3 is 0 Å². The highest BCUT2D eigenvalue weighted by molar-refractivity contribution is 5.90. The molecule has 0 bridgehead atoms. The molecule has 1 aromatic rings. The minimum Gasteiger partial charge on any atom is -0.496 e. The van der Waals surface area contributed by atoms with E-state index < -0.39 is 0 Å². The van der Waals surface area contributed by atoms with Crippen LogP contribution in [0, 0.1) is 0 Å². The average molecular weight is 313 g/mol. The number of carbonyl (C=O) groups is 1. The summed E-state index contributed by atoms with van der Waals surface area (Å²) in [4.78, 5) is 12.9. The first-order chi connectivity index (χ1) is 11.3. The molecular weight excluding hydrogens is 286 g/mol. The largest absolute Gasteiger partial charge is 0.496 e. The highest BCUT2D eigenvalue weighted by Crippen LogP contribution is 2.47. The maximum atomic E-state index is 12.9. The second-order valence-corrected chi connectivity index (χ2v) is 6.75. The number of hydrogen-bond acceptors (Lipinski definition) is 2. The molecule has 3 heteroatoms. The van der Waals surface area contributed by atoms with Crippen LogP contribution < -0.4 is 10.1 Å². The molecule has 0 aromatic heterocycles. The zero-order valence-electron chi connectivity index (χ0n) is 14.1. The van der Waals surface area contributed by atoms with E-state index in [0.717, 1.165) is 43.5 Å². The highest BCUT2D eigenvalue weighted by Gasteiger charge is 2.47.